The second kappa shape index (κ2) is 14.6. The highest BCUT2D eigenvalue weighted by molar-refractivity contribution is 5.89. The number of nitrogens with one attached hydrogen (secondary N) is 3. The second-order valence-electron chi connectivity index (χ2n) is 11.3. The molecule has 226 valence electrons. The van der Waals surface area contributed by atoms with Gasteiger partial charge in [-0.2, -0.15) is 0 Å². The fraction of sp³-hybridized carbons (Fsp3) is 0.484. The highest BCUT2D eigenvalue weighted by Crippen LogP contribution is 2.20. The van der Waals surface area contributed by atoms with Gasteiger partial charge in [-0.15, -0.1) is 0 Å². The molecule has 2 aromatic rings. The molecule has 0 aliphatic carbocycles. The first-order valence-electron chi connectivity index (χ1n) is 14.4. The summed E-state index contributed by atoms with van der Waals surface area (Å²) in [5, 5.41) is 9.24. The molecule has 1 aromatic carbocycles. The summed E-state index contributed by atoms with van der Waals surface area (Å²) in [7, 11) is 1.87. The number of pyridine rings is 1. The van der Waals surface area contributed by atoms with Gasteiger partial charge in [0.15, 0.2) is 0 Å². The van der Waals surface area contributed by atoms with E-state index in [0.717, 1.165) is 49.3 Å². The molecule has 1 unspecified atom stereocenters. The minimum atomic E-state index is -0.983. The van der Waals surface area contributed by atoms with Crippen LogP contribution in [0, 0.1) is 0 Å². The van der Waals surface area contributed by atoms with E-state index in [9.17, 15) is 9.59 Å². The number of ether oxygens (including phenoxy) is 3. The van der Waals surface area contributed by atoms with Crippen molar-refractivity contribution >= 4 is 23.8 Å². The largest absolute Gasteiger partial charge is 0.478 e. The molecule has 0 spiro atoms. The van der Waals surface area contributed by atoms with Crippen molar-refractivity contribution in [3.63, 3.8) is 0 Å². The van der Waals surface area contributed by atoms with Crippen molar-refractivity contribution in [2.75, 3.05) is 38.7 Å². The van der Waals surface area contributed by atoms with E-state index >= 15 is 0 Å². The summed E-state index contributed by atoms with van der Waals surface area (Å²) in [6.07, 6.45) is 4.89. The predicted molar refractivity (Wildman–Crippen MR) is 161 cm³/mol. The molecule has 42 heavy (non-hydrogen) atoms. The smallest absolute Gasteiger partial charge is 0.408 e. The number of hydrogen-bond donors (Lipinski definition) is 3. The Labute approximate surface area is 247 Å². The molecule has 0 saturated heterocycles. The van der Waals surface area contributed by atoms with E-state index in [1.54, 1.807) is 26.8 Å². The van der Waals surface area contributed by atoms with Gasteiger partial charge in [-0.3, -0.25) is 0 Å². The summed E-state index contributed by atoms with van der Waals surface area (Å²) < 4.78 is 16.8. The van der Waals surface area contributed by atoms with Crippen molar-refractivity contribution < 1.29 is 23.8 Å². The van der Waals surface area contributed by atoms with Crippen LogP contribution >= 0.6 is 0 Å². The molecule has 2 aliphatic rings. The zero-order valence-corrected chi connectivity index (χ0v) is 24.9. The highest BCUT2D eigenvalue weighted by atomic mass is 16.6. The fourth-order valence-corrected chi connectivity index (χ4v) is 4.42. The van der Waals surface area contributed by atoms with Crippen LogP contribution in [0.5, 0.6) is 0 Å². The summed E-state index contributed by atoms with van der Waals surface area (Å²) in [6.45, 7) is 7.35. The van der Waals surface area contributed by atoms with Crippen LogP contribution in [0.1, 0.15) is 50.4 Å². The monoisotopic (exact) mass is 578 g/mol. The third-order valence-electron chi connectivity index (χ3n) is 6.57. The molecule has 11 heteroatoms. The highest BCUT2D eigenvalue weighted by Gasteiger charge is 2.28. The van der Waals surface area contributed by atoms with Gasteiger partial charge >= 0.3 is 12.1 Å². The van der Waals surface area contributed by atoms with Gasteiger partial charge in [0.2, 0.25) is 5.90 Å². The molecule has 2 aliphatic heterocycles. The molecule has 11 nitrogen and oxygen atoms in total. The SMILES string of the molecule is CN1CN=C(OCCCc2ccc3c(n2)NCCC3)C=C1NCC(NC(=O)OCc1ccccc1)C(=O)OC(C)(C)C. The third kappa shape index (κ3) is 9.67. The molecular formula is C31H42N6O5. The molecule has 0 saturated carbocycles. The number of aryl methyl sites for hydroxylation is 2. The van der Waals surface area contributed by atoms with Crippen LogP contribution < -0.4 is 16.0 Å². The van der Waals surface area contributed by atoms with E-state index in [1.807, 2.05) is 42.3 Å². The molecule has 1 aromatic heterocycles. The molecule has 1 atom stereocenters. The van der Waals surface area contributed by atoms with Crippen molar-refractivity contribution in [2.24, 2.45) is 4.99 Å². The first-order chi connectivity index (χ1) is 20.2. The van der Waals surface area contributed by atoms with Crippen molar-refractivity contribution in [1.29, 1.82) is 0 Å². The summed E-state index contributed by atoms with van der Waals surface area (Å²) in [5.74, 6) is 1.64. The van der Waals surface area contributed by atoms with Crippen molar-refractivity contribution in [3.8, 4) is 0 Å². The number of fused-ring (bicyclic) bond motifs is 1. The quantitative estimate of drug-likeness (QED) is 0.270. The molecule has 1 amide bonds. The number of nitrogens with zero attached hydrogens (tertiary/aromatic N) is 3. The average molecular weight is 579 g/mol. The van der Waals surface area contributed by atoms with Gasteiger partial charge in [-0.05, 0) is 63.6 Å². The van der Waals surface area contributed by atoms with Gasteiger partial charge < -0.3 is 35.1 Å². The standard InChI is InChI=1S/C31H42N6O5/c1-31(2,3)42-29(38)25(36-30(39)41-20-22-10-6-5-7-11-22)19-33-26-18-27(34-21-37(26)4)40-17-9-13-24-15-14-23-12-8-16-32-28(23)35-24/h5-7,10-11,14-15,18,25,33H,8-9,12-13,16-17,19-21H2,1-4H3,(H,32,35)(H,36,39). The first kappa shape index (κ1) is 30.7. The number of benzene rings is 1. The Balaban J connectivity index is 1.28. The van der Waals surface area contributed by atoms with Gasteiger partial charge in [0.05, 0.1) is 6.61 Å². The number of carbonyl (C=O) groups is 2. The van der Waals surface area contributed by atoms with Gasteiger partial charge in [-0.25, -0.2) is 19.6 Å². The maximum atomic E-state index is 12.9. The van der Waals surface area contributed by atoms with Crippen molar-refractivity contribution in [1.82, 2.24) is 20.5 Å². The Morgan fingerprint density at radius 1 is 1.14 bits per heavy atom. The van der Waals surface area contributed by atoms with Crippen LogP contribution in [-0.4, -0.2) is 72.9 Å². The minimum absolute atomic E-state index is 0.0802. The number of amides is 1. The summed E-state index contributed by atoms with van der Waals surface area (Å²) in [6, 6.07) is 12.6. The van der Waals surface area contributed by atoms with Gasteiger partial charge in [-0.1, -0.05) is 36.4 Å². The normalized spacial score (nSPS) is 15.3. The Hall–Kier alpha value is -4.28. The number of anilines is 1. The number of aliphatic imine (C=N–C) groups is 1. The molecule has 0 radical (unpaired) electrons. The number of carbonyl (C=O) groups excluding carboxylic acids is 2. The van der Waals surface area contributed by atoms with Gasteiger partial charge in [0.25, 0.3) is 0 Å². The van der Waals surface area contributed by atoms with Crippen LogP contribution in [0.4, 0.5) is 10.6 Å². The van der Waals surface area contributed by atoms with Crippen LogP contribution in [0.2, 0.25) is 0 Å². The molecule has 0 fully saturated rings. The number of esters is 1. The Morgan fingerprint density at radius 2 is 1.95 bits per heavy atom. The van der Waals surface area contributed by atoms with E-state index in [2.05, 4.69) is 33.1 Å². The lowest BCUT2D eigenvalue weighted by atomic mass is 10.1. The maximum absolute atomic E-state index is 12.9. The number of alkyl carbamates (subject to hydrolysis) is 1. The molecule has 3 N–H and O–H groups in total. The zero-order chi connectivity index (χ0) is 30.0. The topological polar surface area (TPSA) is 126 Å². The lowest BCUT2D eigenvalue weighted by Crippen LogP contribution is -2.50. The van der Waals surface area contributed by atoms with E-state index < -0.39 is 23.7 Å². The average Bonchev–Trinajstić information content (AvgIpc) is 2.97. The fourth-order valence-electron chi connectivity index (χ4n) is 4.42. The van der Waals surface area contributed by atoms with E-state index in [-0.39, 0.29) is 13.2 Å². The Bertz CT molecular complexity index is 1270. The van der Waals surface area contributed by atoms with Crippen LogP contribution in [-0.2, 0) is 38.5 Å². The maximum Gasteiger partial charge on any atom is 0.408 e. The summed E-state index contributed by atoms with van der Waals surface area (Å²) in [5.41, 5.74) is 2.44. The first-order valence-corrected chi connectivity index (χ1v) is 14.4. The third-order valence-corrected chi connectivity index (χ3v) is 6.57. The van der Waals surface area contributed by atoms with Crippen LogP contribution in [0.25, 0.3) is 0 Å². The summed E-state index contributed by atoms with van der Waals surface area (Å²) in [4.78, 5) is 36.6. The molecule has 4 rings (SSSR count). The van der Waals surface area contributed by atoms with E-state index in [1.165, 1.54) is 5.56 Å². The van der Waals surface area contributed by atoms with Gasteiger partial charge in [0.1, 0.15) is 36.6 Å². The van der Waals surface area contributed by atoms with Crippen LogP contribution in [0.15, 0.2) is 59.4 Å². The number of aromatic nitrogens is 1. The van der Waals surface area contributed by atoms with Crippen molar-refractivity contribution in [3.05, 3.63) is 71.2 Å². The zero-order valence-electron chi connectivity index (χ0n) is 24.9. The lowest BCUT2D eigenvalue weighted by Gasteiger charge is -2.28. The van der Waals surface area contributed by atoms with E-state index in [4.69, 9.17) is 19.2 Å². The molecule has 0 bridgehead atoms. The Kier molecular flexibility index (Phi) is 10.6. The second-order valence-corrected chi connectivity index (χ2v) is 11.3. The minimum Gasteiger partial charge on any atom is -0.478 e. The molecular weight excluding hydrogens is 536 g/mol. The van der Waals surface area contributed by atoms with Crippen molar-refractivity contribution in [2.45, 2.75) is 64.7 Å². The summed E-state index contributed by atoms with van der Waals surface area (Å²) >= 11 is 0. The number of hydrogen-bond acceptors (Lipinski definition) is 10. The molecule has 3 heterocycles. The number of rotatable bonds is 11. The lowest BCUT2D eigenvalue weighted by molar-refractivity contribution is -0.157. The van der Waals surface area contributed by atoms with Gasteiger partial charge in [0, 0.05) is 31.9 Å². The van der Waals surface area contributed by atoms with E-state index in [0.29, 0.717) is 25.0 Å². The predicted octanol–water partition coefficient (Wildman–Crippen LogP) is 3.76. The van der Waals surface area contributed by atoms with Crippen LogP contribution in [0.3, 0.4) is 0 Å². The Morgan fingerprint density at radius 3 is 2.74 bits per heavy atom.